The van der Waals surface area contributed by atoms with Crippen molar-refractivity contribution < 1.29 is 4.79 Å². The quantitative estimate of drug-likeness (QED) is 0.786. The van der Waals surface area contributed by atoms with Crippen LogP contribution < -0.4 is 5.32 Å². The first-order chi connectivity index (χ1) is 8.24. The Bertz CT molecular complexity index is 388. The lowest BCUT2D eigenvalue weighted by atomic mass is 10.1. The molecule has 0 bridgehead atoms. The van der Waals surface area contributed by atoms with E-state index in [-0.39, 0.29) is 5.12 Å². The summed E-state index contributed by atoms with van der Waals surface area (Å²) < 4.78 is 0. The lowest BCUT2D eigenvalue weighted by Gasteiger charge is -2.04. The van der Waals surface area contributed by atoms with E-state index in [2.05, 4.69) is 35.7 Å². The van der Waals surface area contributed by atoms with Crippen molar-refractivity contribution in [1.29, 1.82) is 0 Å². The molecule has 0 spiro atoms. The van der Waals surface area contributed by atoms with Gasteiger partial charge in [0.1, 0.15) is 0 Å². The molecule has 0 saturated heterocycles. The standard InChI is InChI=1S/C14H19NOS/c1-12(16)17-10-6-5-8-13-7-3-4-9-14(13)11-15-2/h3-5,7-9,15H,6,10-11H2,1-2H3. The monoisotopic (exact) mass is 249 g/mol. The van der Waals surface area contributed by atoms with Gasteiger partial charge in [-0.25, -0.2) is 0 Å². The van der Waals surface area contributed by atoms with E-state index in [0.717, 1.165) is 18.7 Å². The topological polar surface area (TPSA) is 29.1 Å². The van der Waals surface area contributed by atoms with Gasteiger partial charge in [-0.15, -0.1) is 0 Å². The molecule has 0 heterocycles. The molecular weight excluding hydrogens is 230 g/mol. The minimum Gasteiger partial charge on any atom is -0.316 e. The molecule has 17 heavy (non-hydrogen) atoms. The first-order valence-electron chi connectivity index (χ1n) is 5.76. The lowest BCUT2D eigenvalue weighted by molar-refractivity contribution is -0.109. The molecular formula is C14H19NOS. The van der Waals surface area contributed by atoms with Crippen LogP contribution in [0.25, 0.3) is 6.08 Å². The Balaban J connectivity index is 2.49. The van der Waals surface area contributed by atoms with Crippen molar-refractivity contribution >= 4 is 23.0 Å². The van der Waals surface area contributed by atoms with Gasteiger partial charge in [0.2, 0.25) is 0 Å². The minimum atomic E-state index is 0.189. The smallest absolute Gasteiger partial charge is 0.185 e. The fourth-order valence-corrected chi connectivity index (χ4v) is 2.07. The van der Waals surface area contributed by atoms with Gasteiger partial charge in [0.25, 0.3) is 0 Å². The van der Waals surface area contributed by atoms with Crippen LogP contribution in [0.5, 0.6) is 0 Å². The van der Waals surface area contributed by atoms with E-state index in [4.69, 9.17) is 0 Å². The van der Waals surface area contributed by atoms with E-state index >= 15 is 0 Å². The molecule has 0 unspecified atom stereocenters. The molecule has 0 aliphatic carbocycles. The van der Waals surface area contributed by atoms with Crippen molar-refractivity contribution in [2.45, 2.75) is 19.9 Å². The minimum absolute atomic E-state index is 0.189. The number of nitrogens with one attached hydrogen (secondary N) is 1. The summed E-state index contributed by atoms with van der Waals surface area (Å²) in [6.45, 7) is 2.49. The molecule has 2 nitrogen and oxygen atoms in total. The average Bonchev–Trinajstić information content (AvgIpc) is 2.31. The van der Waals surface area contributed by atoms with Crippen LogP contribution in [-0.2, 0) is 11.3 Å². The van der Waals surface area contributed by atoms with E-state index in [1.807, 2.05) is 13.1 Å². The van der Waals surface area contributed by atoms with Gasteiger partial charge in [0.05, 0.1) is 0 Å². The molecule has 1 aromatic rings. The SMILES string of the molecule is CNCc1ccccc1C=CCCSC(C)=O. The van der Waals surface area contributed by atoms with Crippen molar-refractivity contribution in [2.75, 3.05) is 12.8 Å². The Morgan fingerprint density at radius 1 is 1.41 bits per heavy atom. The highest BCUT2D eigenvalue weighted by molar-refractivity contribution is 8.13. The van der Waals surface area contributed by atoms with Crippen LogP contribution in [0, 0.1) is 0 Å². The van der Waals surface area contributed by atoms with Gasteiger partial charge in [-0.3, -0.25) is 4.79 Å². The molecule has 0 aromatic heterocycles. The number of allylic oxidation sites excluding steroid dienone is 1. The van der Waals surface area contributed by atoms with Crippen molar-refractivity contribution in [3.8, 4) is 0 Å². The zero-order valence-corrected chi connectivity index (χ0v) is 11.2. The zero-order chi connectivity index (χ0) is 12.5. The number of thioether (sulfide) groups is 1. The van der Waals surface area contributed by atoms with Crippen LogP contribution in [-0.4, -0.2) is 17.9 Å². The maximum Gasteiger partial charge on any atom is 0.185 e. The Kier molecular flexibility index (Phi) is 6.67. The number of rotatable bonds is 6. The highest BCUT2D eigenvalue weighted by atomic mass is 32.2. The van der Waals surface area contributed by atoms with E-state index in [9.17, 15) is 4.79 Å². The van der Waals surface area contributed by atoms with Gasteiger partial charge in [-0.05, 0) is 24.6 Å². The molecule has 0 aliphatic heterocycles. The third-order valence-corrected chi connectivity index (χ3v) is 3.16. The number of hydrogen-bond donors (Lipinski definition) is 1. The summed E-state index contributed by atoms with van der Waals surface area (Å²) in [5.74, 6) is 0.861. The van der Waals surface area contributed by atoms with Crippen LogP contribution in [0.1, 0.15) is 24.5 Å². The maximum absolute atomic E-state index is 10.7. The fourth-order valence-electron chi connectivity index (χ4n) is 1.53. The van der Waals surface area contributed by atoms with Crippen LogP contribution in [0.3, 0.4) is 0 Å². The highest BCUT2D eigenvalue weighted by Crippen LogP contribution is 2.12. The Morgan fingerprint density at radius 3 is 2.88 bits per heavy atom. The second-order valence-corrected chi connectivity index (χ2v) is 5.03. The van der Waals surface area contributed by atoms with Crippen LogP contribution in [0.2, 0.25) is 0 Å². The summed E-state index contributed by atoms with van der Waals surface area (Å²) in [6.07, 6.45) is 5.19. The predicted octanol–water partition coefficient (Wildman–Crippen LogP) is 3.09. The van der Waals surface area contributed by atoms with Crippen molar-refractivity contribution in [3.63, 3.8) is 0 Å². The average molecular weight is 249 g/mol. The molecule has 0 aliphatic rings. The Hall–Kier alpha value is -1.06. The van der Waals surface area contributed by atoms with Crippen LogP contribution in [0.4, 0.5) is 0 Å². The molecule has 92 valence electrons. The largest absolute Gasteiger partial charge is 0.316 e. The Morgan fingerprint density at radius 2 is 2.18 bits per heavy atom. The van der Waals surface area contributed by atoms with Gasteiger partial charge in [0.15, 0.2) is 5.12 Å². The number of benzene rings is 1. The third-order valence-electron chi connectivity index (χ3n) is 2.31. The molecule has 0 amide bonds. The molecule has 0 saturated carbocycles. The summed E-state index contributed by atoms with van der Waals surface area (Å²) in [6, 6.07) is 8.33. The second-order valence-electron chi connectivity index (χ2n) is 3.76. The fraction of sp³-hybridized carbons (Fsp3) is 0.357. The van der Waals surface area contributed by atoms with Crippen LogP contribution >= 0.6 is 11.8 Å². The van der Waals surface area contributed by atoms with Gasteiger partial charge >= 0.3 is 0 Å². The second kappa shape index (κ2) is 8.09. The first-order valence-corrected chi connectivity index (χ1v) is 6.75. The molecule has 1 aromatic carbocycles. The first kappa shape index (κ1) is 14.0. The van der Waals surface area contributed by atoms with E-state index in [1.165, 1.54) is 22.9 Å². The van der Waals surface area contributed by atoms with Gasteiger partial charge < -0.3 is 5.32 Å². The molecule has 0 radical (unpaired) electrons. The highest BCUT2D eigenvalue weighted by Gasteiger charge is 1.96. The van der Waals surface area contributed by atoms with E-state index < -0.39 is 0 Å². The number of carbonyl (C=O) groups is 1. The van der Waals surface area contributed by atoms with Crippen molar-refractivity contribution in [1.82, 2.24) is 5.32 Å². The zero-order valence-electron chi connectivity index (χ0n) is 10.4. The van der Waals surface area contributed by atoms with E-state index in [0.29, 0.717) is 0 Å². The van der Waals surface area contributed by atoms with Crippen molar-refractivity contribution in [3.05, 3.63) is 41.5 Å². The predicted molar refractivity (Wildman–Crippen MR) is 76.0 cm³/mol. The molecule has 1 rings (SSSR count). The van der Waals surface area contributed by atoms with Gasteiger partial charge in [-0.2, -0.15) is 0 Å². The van der Waals surface area contributed by atoms with Crippen LogP contribution in [0.15, 0.2) is 30.3 Å². The maximum atomic E-state index is 10.7. The summed E-state index contributed by atoms with van der Waals surface area (Å²) in [4.78, 5) is 10.7. The summed E-state index contributed by atoms with van der Waals surface area (Å²) >= 11 is 1.38. The summed E-state index contributed by atoms with van der Waals surface area (Å²) in [7, 11) is 1.95. The third kappa shape index (κ3) is 5.71. The van der Waals surface area contributed by atoms with E-state index in [1.54, 1.807) is 6.92 Å². The lowest BCUT2D eigenvalue weighted by Crippen LogP contribution is -2.06. The normalized spacial score (nSPS) is 10.9. The number of carbonyl (C=O) groups excluding carboxylic acids is 1. The Labute approximate surface area is 107 Å². The molecule has 0 fully saturated rings. The van der Waals surface area contributed by atoms with Crippen molar-refractivity contribution in [2.24, 2.45) is 0 Å². The number of hydrogen-bond acceptors (Lipinski definition) is 3. The van der Waals surface area contributed by atoms with Gasteiger partial charge in [-0.1, -0.05) is 48.2 Å². The molecule has 0 atom stereocenters. The molecule has 1 N–H and O–H groups in total. The molecule has 3 heteroatoms. The van der Waals surface area contributed by atoms with Gasteiger partial charge in [0, 0.05) is 19.2 Å². The summed E-state index contributed by atoms with van der Waals surface area (Å²) in [5.41, 5.74) is 2.54. The summed E-state index contributed by atoms with van der Waals surface area (Å²) in [5, 5.41) is 3.35.